The predicted molar refractivity (Wildman–Crippen MR) is 61.6 cm³/mol. The Balaban J connectivity index is 0.00000106. The van der Waals surface area contributed by atoms with Gasteiger partial charge < -0.3 is 4.90 Å². The fourth-order valence-electron chi connectivity index (χ4n) is 1.68. The highest BCUT2D eigenvalue weighted by molar-refractivity contribution is 6.39. The molecule has 1 saturated heterocycles. The van der Waals surface area contributed by atoms with Gasteiger partial charge in [0.25, 0.3) is 0 Å². The summed E-state index contributed by atoms with van der Waals surface area (Å²) in [5.74, 6) is -1.29. The van der Waals surface area contributed by atoms with Gasteiger partial charge in [-0.25, -0.2) is 0 Å². The molecule has 1 rings (SSSR count). The first kappa shape index (κ1) is 15.9. The Hall–Kier alpha value is -0.120. The van der Waals surface area contributed by atoms with E-state index in [0.717, 1.165) is 0 Å². The van der Waals surface area contributed by atoms with E-state index < -0.39 is 17.4 Å². The minimum absolute atomic E-state index is 0.0903. The van der Waals surface area contributed by atoms with Crippen LogP contribution in [-0.4, -0.2) is 45.2 Å². The highest BCUT2D eigenvalue weighted by atomic mass is 19.4. The van der Waals surface area contributed by atoms with E-state index in [0.29, 0.717) is 13.0 Å². The van der Waals surface area contributed by atoms with Crippen LogP contribution in [0.4, 0.5) is 13.2 Å². The molecule has 0 amide bonds. The fourth-order valence-corrected chi connectivity index (χ4v) is 1.68. The van der Waals surface area contributed by atoms with Gasteiger partial charge in [-0.2, -0.15) is 13.2 Å². The molecule has 1 fully saturated rings. The van der Waals surface area contributed by atoms with Crippen molar-refractivity contribution in [1.29, 1.82) is 0 Å². The largest absolute Gasteiger partial charge is 0.393 e. The zero-order valence-electron chi connectivity index (χ0n) is 10.1. The van der Waals surface area contributed by atoms with E-state index in [1.807, 2.05) is 13.8 Å². The smallest absolute Gasteiger partial charge is 0.314 e. The first-order valence-corrected chi connectivity index (χ1v) is 5.61. The lowest BCUT2D eigenvalue weighted by atomic mass is 9.61. The first-order chi connectivity index (χ1) is 7.21. The van der Waals surface area contributed by atoms with Crippen molar-refractivity contribution < 1.29 is 13.2 Å². The topological polar surface area (TPSA) is 3.24 Å². The Labute approximate surface area is 98.6 Å². The molecule has 90 valence electrons. The molecule has 1 atom stereocenters. The molecule has 0 N–H and O–H groups in total. The number of piperidine rings is 1. The van der Waals surface area contributed by atoms with Crippen LogP contribution in [0.2, 0.25) is 0 Å². The lowest BCUT2D eigenvalue weighted by Crippen LogP contribution is -2.54. The van der Waals surface area contributed by atoms with Gasteiger partial charge in [-0.05, 0) is 19.4 Å². The van der Waals surface area contributed by atoms with Crippen molar-refractivity contribution in [2.45, 2.75) is 45.1 Å². The Morgan fingerprint density at radius 2 is 1.69 bits per heavy atom. The SMILES string of the molecule is CC.[B]C([B])(C)N1CCCC(C(F)(F)F)C1. The van der Waals surface area contributed by atoms with Gasteiger partial charge >= 0.3 is 6.18 Å². The molecule has 4 radical (unpaired) electrons. The van der Waals surface area contributed by atoms with Gasteiger partial charge in [0.15, 0.2) is 0 Å². The zero-order chi connectivity index (χ0) is 13.0. The lowest BCUT2D eigenvalue weighted by molar-refractivity contribution is -0.187. The fraction of sp³-hybridized carbons (Fsp3) is 1.00. The highest BCUT2D eigenvalue weighted by Crippen LogP contribution is 2.34. The van der Waals surface area contributed by atoms with Crippen LogP contribution in [0.15, 0.2) is 0 Å². The summed E-state index contributed by atoms with van der Waals surface area (Å²) in [6.07, 6.45) is -3.46. The molecule has 1 nitrogen and oxygen atoms in total. The first-order valence-electron chi connectivity index (χ1n) is 5.61. The molecule has 0 spiro atoms. The molecule has 0 aromatic rings. The summed E-state index contributed by atoms with van der Waals surface area (Å²) >= 11 is 0. The molecule has 0 aromatic heterocycles. The molecular formula is C10H18B2F3N. The van der Waals surface area contributed by atoms with Gasteiger partial charge in [-0.1, -0.05) is 26.1 Å². The third kappa shape index (κ3) is 4.81. The van der Waals surface area contributed by atoms with E-state index in [1.165, 1.54) is 11.8 Å². The molecule has 1 heterocycles. The molecular weight excluding hydrogens is 213 g/mol. The van der Waals surface area contributed by atoms with Crippen LogP contribution in [0.5, 0.6) is 0 Å². The monoisotopic (exact) mass is 231 g/mol. The maximum absolute atomic E-state index is 12.4. The summed E-state index contributed by atoms with van der Waals surface area (Å²) in [6.45, 7) is 5.97. The van der Waals surface area contributed by atoms with Gasteiger partial charge in [-0.15, -0.1) is 0 Å². The maximum atomic E-state index is 12.4. The molecule has 6 heteroatoms. The van der Waals surface area contributed by atoms with Crippen LogP contribution in [0.3, 0.4) is 0 Å². The minimum Gasteiger partial charge on any atom is -0.314 e. The summed E-state index contributed by atoms with van der Waals surface area (Å²) < 4.78 is 37.2. The molecule has 1 aliphatic heterocycles. The molecule has 0 aromatic carbocycles. The predicted octanol–water partition coefficient (Wildman–Crippen LogP) is 2.30. The van der Waals surface area contributed by atoms with Gasteiger partial charge in [0.05, 0.1) is 21.6 Å². The van der Waals surface area contributed by atoms with E-state index >= 15 is 0 Å². The normalized spacial score (nSPS) is 23.5. The molecule has 0 saturated carbocycles. The summed E-state index contributed by atoms with van der Waals surface area (Å²) in [5, 5.41) is -1.15. The van der Waals surface area contributed by atoms with Crippen LogP contribution in [0, 0.1) is 5.92 Å². The van der Waals surface area contributed by atoms with E-state index in [9.17, 15) is 13.2 Å². The number of alkyl halides is 3. The van der Waals surface area contributed by atoms with Crippen LogP contribution >= 0.6 is 0 Å². The average molecular weight is 231 g/mol. The quantitative estimate of drug-likeness (QED) is 0.625. The Morgan fingerprint density at radius 3 is 2.06 bits per heavy atom. The second-order valence-corrected chi connectivity index (χ2v) is 4.05. The number of likely N-dealkylation sites (tertiary alicyclic amines) is 1. The van der Waals surface area contributed by atoms with Crippen molar-refractivity contribution >= 4 is 15.7 Å². The number of halogens is 3. The molecule has 0 aliphatic carbocycles. The third-order valence-corrected chi connectivity index (χ3v) is 2.57. The maximum Gasteiger partial charge on any atom is 0.393 e. The van der Waals surface area contributed by atoms with Gasteiger partial charge in [0.2, 0.25) is 0 Å². The minimum atomic E-state index is -4.14. The number of hydrogen-bond acceptors (Lipinski definition) is 1. The lowest BCUT2D eigenvalue weighted by Gasteiger charge is -2.42. The van der Waals surface area contributed by atoms with Crippen molar-refractivity contribution in [2.75, 3.05) is 13.1 Å². The Kier molecular flexibility index (Phi) is 5.94. The second kappa shape index (κ2) is 5.99. The molecule has 16 heavy (non-hydrogen) atoms. The molecule has 1 aliphatic rings. The Morgan fingerprint density at radius 1 is 1.19 bits per heavy atom. The van der Waals surface area contributed by atoms with Crippen molar-refractivity contribution in [3.8, 4) is 0 Å². The van der Waals surface area contributed by atoms with E-state index in [1.54, 1.807) is 0 Å². The molecule has 1 unspecified atom stereocenters. The molecule has 0 bridgehead atoms. The van der Waals surface area contributed by atoms with Crippen molar-refractivity contribution in [3.63, 3.8) is 0 Å². The van der Waals surface area contributed by atoms with Crippen LogP contribution in [0.1, 0.15) is 33.6 Å². The third-order valence-electron chi connectivity index (χ3n) is 2.57. The van der Waals surface area contributed by atoms with Crippen molar-refractivity contribution in [1.82, 2.24) is 4.90 Å². The van der Waals surface area contributed by atoms with Gasteiger partial charge in [0.1, 0.15) is 0 Å². The average Bonchev–Trinajstić information content (AvgIpc) is 2.18. The standard InChI is InChI=1S/C8H12B2F3N.C2H6/c1-7(9,10)14-4-2-3-6(5-14)8(11,12)13;1-2/h6H,2-5H2,1H3;1-2H3. The zero-order valence-corrected chi connectivity index (χ0v) is 10.1. The number of hydrogen-bond donors (Lipinski definition) is 0. The van der Waals surface area contributed by atoms with Gasteiger partial charge in [0, 0.05) is 6.54 Å². The van der Waals surface area contributed by atoms with Crippen molar-refractivity contribution in [2.24, 2.45) is 5.92 Å². The Bertz CT molecular complexity index is 181. The van der Waals surface area contributed by atoms with Crippen LogP contribution in [-0.2, 0) is 0 Å². The number of rotatable bonds is 1. The van der Waals surface area contributed by atoms with E-state index in [-0.39, 0.29) is 13.0 Å². The second-order valence-electron chi connectivity index (χ2n) is 4.05. The van der Waals surface area contributed by atoms with Crippen LogP contribution in [0.25, 0.3) is 0 Å². The summed E-state index contributed by atoms with van der Waals surface area (Å²) in [6, 6.07) is 0. The summed E-state index contributed by atoms with van der Waals surface area (Å²) in [4.78, 5) is 1.48. The summed E-state index contributed by atoms with van der Waals surface area (Å²) in [7, 11) is 11.1. The van der Waals surface area contributed by atoms with E-state index in [2.05, 4.69) is 0 Å². The van der Waals surface area contributed by atoms with Crippen LogP contribution < -0.4 is 0 Å². The van der Waals surface area contributed by atoms with Crippen molar-refractivity contribution in [3.05, 3.63) is 0 Å². The van der Waals surface area contributed by atoms with E-state index in [4.69, 9.17) is 15.7 Å². The number of nitrogens with zero attached hydrogens (tertiary/aromatic N) is 1. The highest BCUT2D eigenvalue weighted by Gasteiger charge is 2.43. The summed E-state index contributed by atoms with van der Waals surface area (Å²) in [5.41, 5.74) is 0. The van der Waals surface area contributed by atoms with Gasteiger partial charge in [-0.3, -0.25) is 0 Å².